The first-order valence-corrected chi connectivity index (χ1v) is 13.8. The van der Waals surface area contributed by atoms with Gasteiger partial charge >= 0.3 is 0 Å². The van der Waals surface area contributed by atoms with Crippen molar-refractivity contribution >= 4 is 17.3 Å². The van der Waals surface area contributed by atoms with E-state index in [4.69, 9.17) is 0 Å². The molecule has 4 aromatic rings. The Morgan fingerprint density at radius 3 is 1.87 bits per heavy atom. The third-order valence-corrected chi connectivity index (χ3v) is 8.12. The van der Waals surface area contributed by atoms with E-state index in [1.807, 2.05) is 35.2 Å². The van der Waals surface area contributed by atoms with Crippen molar-refractivity contribution in [3.05, 3.63) is 131 Å². The van der Waals surface area contributed by atoms with Gasteiger partial charge in [-0.25, -0.2) is 0 Å². The molecule has 1 amide bonds. The molecule has 2 heterocycles. The Hall–Kier alpha value is -3.89. The van der Waals surface area contributed by atoms with Crippen LogP contribution in [0.15, 0.2) is 109 Å². The van der Waals surface area contributed by atoms with E-state index in [1.165, 1.54) is 11.1 Å². The first-order chi connectivity index (χ1) is 18.8. The molecule has 0 N–H and O–H groups in total. The lowest BCUT2D eigenvalue weighted by atomic mass is 9.88. The normalized spacial score (nSPS) is 16.1. The average Bonchev–Trinajstić information content (AvgIpc) is 2.99. The van der Waals surface area contributed by atoms with Gasteiger partial charge in [-0.3, -0.25) is 9.69 Å². The maximum absolute atomic E-state index is 13.4. The fourth-order valence-electron chi connectivity index (χ4n) is 5.95. The predicted molar refractivity (Wildman–Crippen MR) is 156 cm³/mol. The first-order valence-electron chi connectivity index (χ1n) is 13.8. The number of benzene rings is 4. The number of fused-ring (bicyclic) bond motifs is 1. The van der Waals surface area contributed by atoms with Crippen LogP contribution in [0.2, 0.25) is 0 Å². The number of rotatable bonds is 7. The van der Waals surface area contributed by atoms with Gasteiger partial charge in [0, 0.05) is 55.6 Å². The van der Waals surface area contributed by atoms with E-state index in [-0.39, 0.29) is 5.91 Å². The minimum atomic E-state index is 0.116. The minimum absolute atomic E-state index is 0.116. The van der Waals surface area contributed by atoms with E-state index in [2.05, 4.69) is 88.7 Å². The van der Waals surface area contributed by atoms with E-state index in [9.17, 15) is 4.79 Å². The summed E-state index contributed by atoms with van der Waals surface area (Å²) in [5.41, 5.74) is 6.94. The van der Waals surface area contributed by atoms with Gasteiger partial charge in [-0.05, 0) is 60.3 Å². The van der Waals surface area contributed by atoms with Crippen LogP contribution in [0.5, 0.6) is 0 Å². The maximum atomic E-state index is 13.4. The van der Waals surface area contributed by atoms with Gasteiger partial charge in [0.25, 0.3) is 5.91 Å². The number of amides is 1. The molecule has 192 valence electrons. The molecule has 6 rings (SSSR count). The van der Waals surface area contributed by atoms with Gasteiger partial charge in [0.05, 0.1) is 0 Å². The number of carbonyl (C=O) groups excluding carboxylic acids is 1. The van der Waals surface area contributed by atoms with Crippen LogP contribution in [0, 0.1) is 0 Å². The molecule has 38 heavy (non-hydrogen) atoms. The molecule has 0 aliphatic carbocycles. The second-order valence-corrected chi connectivity index (χ2v) is 10.4. The lowest BCUT2D eigenvalue weighted by molar-refractivity contribution is 0.0980. The summed E-state index contributed by atoms with van der Waals surface area (Å²) in [4.78, 5) is 20.3. The fourth-order valence-corrected chi connectivity index (χ4v) is 5.95. The molecule has 2 aliphatic heterocycles. The monoisotopic (exact) mass is 501 g/mol. The molecule has 0 aromatic heterocycles. The largest absolute Gasteiger partial charge is 0.369 e. The summed E-state index contributed by atoms with van der Waals surface area (Å²) in [6, 6.07) is 38.3. The van der Waals surface area contributed by atoms with E-state index in [0.717, 1.165) is 74.6 Å². The highest BCUT2D eigenvalue weighted by molar-refractivity contribution is 6.08. The number of carbonyl (C=O) groups is 1. The number of para-hydroxylation sites is 1. The van der Waals surface area contributed by atoms with Crippen molar-refractivity contribution in [1.29, 1.82) is 0 Å². The highest BCUT2D eigenvalue weighted by Crippen LogP contribution is 2.30. The van der Waals surface area contributed by atoms with E-state index >= 15 is 0 Å². The van der Waals surface area contributed by atoms with Gasteiger partial charge in [0.2, 0.25) is 0 Å². The maximum Gasteiger partial charge on any atom is 0.258 e. The lowest BCUT2D eigenvalue weighted by Gasteiger charge is -2.37. The van der Waals surface area contributed by atoms with Crippen LogP contribution in [0.4, 0.5) is 11.4 Å². The van der Waals surface area contributed by atoms with Crippen molar-refractivity contribution < 1.29 is 4.79 Å². The molecule has 4 heteroatoms. The van der Waals surface area contributed by atoms with Crippen molar-refractivity contribution in [2.75, 3.05) is 49.1 Å². The summed E-state index contributed by atoms with van der Waals surface area (Å²) < 4.78 is 0. The van der Waals surface area contributed by atoms with Crippen LogP contribution in [-0.4, -0.2) is 50.1 Å². The summed E-state index contributed by atoms with van der Waals surface area (Å²) >= 11 is 0. The molecular formula is C34H35N3O. The minimum Gasteiger partial charge on any atom is -0.369 e. The topological polar surface area (TPSA) is 26.8 Å². The quantitative estimate of drug-likeness (QED) is 0.300. The number of nitrogens with zero attached hydrogens (tertiary/aromatic N) is 3. The molecule has 2 aliphatic rings. The number of hydrogen-bond donors (Lipinski definition) is 0. The summed E-state index contributed by atoms with van der Waals surface area (Å²) in [5.74, 6) is 0.528. The Kier molecular flexibility index (Phi) is 7.23. The molecule has 0 radical (unpaired) electrons. The standard InChI is InChI=1S/C34H35N3O/c38-34-33-26-31(17-16-29(33)18-21-37(34)30-14-8-3-9-15-30)36-24-22-35(23-25-36)20-19-32(27-10-4-1-5-11-27)28-12-6-2-7-13-28/h1-17,26,32H,18-25H2. The molecule has 0 saturated carbocycles. The smallest absolute Gasteiger partial charge is 0.258 e. The van der Waals surface area contributed by atoms with Gasteiger partial charge < -0.3 is 9.80 Å². The molecule has 1 saturated heterocycles. The molecule has 1 fully saturated rings. The molecule has 0 unspecified atom stereocenters. The Balaban J connectivity index is 1.10. The third kappa shape index (κ3) is 5.23. The zero-order valence-corrected chi connectivity index (χ0v) is 21.9. The van der Waals surface area contributed by atoms with Gasteiger partial charge in [-0.15, -0.1) is 0 Å². The van der Waals surface area contributed by atoms with Crippen LogP contribution in [-0.2, 0) is 6.42 Å². The third-order valence-electron chi connectivity index (χ3n) is 8.12. The van der Waals surface area contributed by atoms with E-state index < -0.39 is 0 Å². The van der Waals surface area contributed by atoms with Crippen molar-refractivity contribution in [3.8, 4) is 0 Å². The Bertz CT molecular complexity index is 1310. The zero-order valence-electron chi connectivity index (χ0n) is 21.9. The van der Waals surface area contributed by atoms with Crippen LogP contribution < -0.4 is 9.80 Å². The van der Waals surface area contributed by atoms with Crippen molar-refractivity contribution in [2.24, 2.45) is 0 Å². The molecule has 0 atom stereocenters. The SMILES string of the molecule is O=C1c2cc(N3CCN(CCC(c4ccccc4)c4ccccc4)CC3)ccc2CCN1c1ccccc1. The van der Waals surface area contributed by atoms with Gasteiger partial charge in [-0.2, -0.15) is 0 Å². The van der Waals surface area contributed by atoms with E-state index in [0.29, 0.717) is 5.92 Å². The highest BCUT2D eigenvalue weighted by Gasteiger charge is 2.27. The van der Waals surface area contributed by atoms with Crippen LogP contribution in [0.25, 0.3) is 0 Å². The summed E-state index contributed by atoms with van der Waals surface area (Å²) in [6.45, 7) is 5.86. The van der Waals surface area contributed by atoms with Gasteiger partial charge in [0.15, 0.2) is 0 Å². The Morgan fingerprint density at radius 2 is 1.24 bits per heavy atom. The second kappa shape index (κ2) is 11.2. The highest BCUT2D eigenvalue weighted by atomic mass is 16.2. The molecular weight excluding hydrogens is 466 g/mol. The van der Waals surface area contributed by atoms with Gasteiger partial charge in [0.1, 0.15) is 0 Å². The molecule has 0 bridgehead atoms. The zero-order chi connectivity index (χ0) is 25.7. The average molecular weight is 502 g/mol. The van der Waals surface area contributed by atoms with Crippen LogP contribution >= 0.6 is 0 Å². The van der Waals surface area contributed by atoms with Crippen molar-refractivity contribution in [3.63, 3.8) is 0 Å². The van der Waals surface area contributed by atoms with Crippen molar-refractivity contribution in [2.45, 2.75) is 18.8 Å². The Morgan fingerprint density at radius 1 is 0.632 bits per heavy atom. The number of anilines is 2. The molecule has 4 aromatic carbocycles. The Labute approximate surface area is 226 Å². The fraction of sp³-hybridized carbons (Fsp3) is 0.265. The number of hydrogen-bond acceptors (Lipinski definition) is 3. The summed E-state index contributed by atoms with van der Waals surface area (Å²) in [7, 11) is 0. The molecule has 4 nitrogen and oxygen atoms in total. The van der Waals surface area contributed by atoms with Crippen molar-refractivity contribution in [1.82, 2.24) is 4.90 Å². The lowest BCUT2D eigenvalue weighted by Crippen LogP contribution is -2.47. The number of piperazine rings is 1. The summed E-state index contributed by atoms with van der Waals surface area (Å²) in [5, 5.41) is 0. The summed E-state index contributed by atoms with van der Waals surface area (Å²) in [6.07, 6.45) is 2.00. The first kappa shape index (κ1) is 24.4. The molecule has 0 spiro atoms. The van der Waals surface area contributed by atoms with Crippen LogP contribution in [0.3, 0.4) is 0 Å². The van der Waals surface area contributed by atoms with E-state index in [1.54, 1.807) is 0 Å². The van der Waals surface area contributed by atoms with Crippen LogP contribution in [0.1, 0.15) is 39.4 Å². The second-order valence-electron chi connectivity index (χ2n) is 10.4. The van der Waals surface area contributed by atoms with Gasteiger partial charge in [-0.1, -0.05) is 84.9 Å². The predicted octanol–water partition coefficient (Wildman–Crippen LogP) is 6.23.